The smallest absolute Gasteiger partial charge is 0.410 e. The molecule has 0 bridgehead atoms. The molecule has 1 aliphatic rings. The van der Waals surface area contributed by atoms with Gasteiger partial charge in [0.25, 0.3) is 0 Å². The van der Waals surface area contributed by atoms with E-state index in [1.165, 1.54) is 4.90 Å². The van der Waals surface area contributed by atoms with E-state index in [4.69, 9.17) is 16.3 Å². The van der Waals surface area contributed by atoms with Crippen LogP contribution in [0, 0.1) is 0 Å². The largest absolute Gasteiger partial charge is 0.445 e. The number of ether oxygens (including phenoxy) is 1. The predicted molar refractivity (Wildman–Crippen MR) is 96.4 cm³/mol. The first-order valence-electron chi connectivity index (χ1n) is 8.18. The van der Waals surface area contributed by atoms with Gasteiger partial charge in [-0.2, -0.15) is 0 Å². The molecule has 2 aromatic carbocycles. The van der Waals surface area contributed by atoms with Gasteiger partial charge in [-0.25, -0.2) is 4.79 Å². The molecular formula is C19H19ClN2O3. The Balaban J connectivity index is 1.60. The third-order valence-corrected chi connectivity index (χ3v) is 4.46. The molecule has 3 rings (SSSR count). The number of likely N-dealkylation sites (tertiary alicyclic amines) is 1. The lowest BCUT2D eigenvalue weighted by molar-refractivity contribution is -0.120. The normalized spacial score (nSPS) is 16.5. The summed E-state index contributed by atoms with van der Waals surface area (Å²) >= 11 is 6.07. The van der Waals surface area contributed by atoms with Gasteiger partial charge in [0.1, 0.15) is 12.6 Å². The quantitative estimate of drug-likeness (QED) is 0.895. The maximum atomic E-state index is 12.5. The molecule has 1 aliphatic heterocycles. The van der Waals surface area contributed by atoms with Crippen LogP contribution in [0.25, 0.3) is 0 Å². The first-order chi connectivity index (χ1) is 12.1. The Hall–Kier alpha value is -2.53. The molecule has 5 nitrogen and oxygen atoms in total. The van der Waals surface area contributed by atoms with Crippen LogP contribution in [0.1, 0.15) is 18.4 Å². The molecule has 1 saturated heterocycles. The van der Waals surface area contributed by atoms with Crippen molar-refractivity contribution in [2.24, 2.45) is 0 Å². The van der Waals surface area contributed by atoms with E-state index in [0.717, 1.165) is 12.0 Å². The van der Waals surface area contributed by atoms with Gasteiger partial charge < -0.3 is 10.1 Å². The molecule has 0 saturated carbocycles. The summed E-state index contributed by atoms with van der Waals surface area (Å²) in [6.45, 7) is 0.698. The molecule has 0 radical (unpaired) electrons. The lowest BCUT2D eigenvalue weighted by Crippen LogP contribution is -2.43. The summed E-state index contributed by atoms with van der Waals surface area (Å²) in [4.78, 5) is 26.4. The van der Waals surface area contributed by atoms with E-state index in [1.807, 2.05) is 30.3 Å². The molecule has 0 aliphatic carbocycles. The van der Waals surface area contributed by atoms with Crippen LogP contribution in [0.3, 0.4) is 0 Å². The summed E-state index contributed by atoms with van der Waals surface area (Å²) in [6.07, 6.45) is 0.901. The Kier molecular flexibility index (Phi) is 5.56. The number of carbonyl (C=O) groups excluding carboxylic acids is 2. The Morgan fingerprint density at radius 3 is 2.60 bits per heavy atom. The molecule has 1 N–H and O–H groups in total. The lowest BCUT2D eigenvalue weighted by Gasteiger charge is -2.23. The second-order valence-electron chi connectivity index (χ2n) is 5.86. The zero-order chi connectivity index (χ0) is 17.6. The van der Waals surface area contributed by atoms with E-state index in [9.17, 15) is 9.59 Å². The summed E-state index contributed by atoms with van der Waals surface area (Å²) in [5.41, 5.74) is 1.45. The van der Waals surface area contributed by atoms with Gasteiger partial charge >= 0.3 is 6.09 Å². The number of nitrogens with one attached hydrogen (secondary N) is 1. The highest BCUT2D eigenvalue weighted by Crippen LogP contribution is 2.24. The van der Waals surface area contributed by atoms with Gasteiger partial charge in [0.05, 0.1) is 10.7 Å². The summed E-state index contributed by atoms with van der Waals surface area (Å²) in [7, 11) is 0. The van der Waals surface area contributed by atoms with Crippen molar-refractivity contribution in [3.05, 3.63) is 65.2 Å². The van der Waals surface area contributed by atoms with E-state index in [-0.39, 0.29) is 12.5 Å². The first-order valence-corrected chi connectivity index (χ1v) is 8.55. The molecule has 1 heterocycles. The number of para-hydroxylation sites is 1. The van der Waals surface area contributed by atoms with Gasteiger partial charge in [-0.05, 0) is 30.5 Å². The van der Waals surface area contributed by atoms with Crippen LogP contribution >= 0.6 is 11.6 Å². The lowest BCUT2D eigenvalue weighted by atomic mass is 10.2. The van der Waals surface area contributed by atoms with Gasteiger partial charge in [-0.3, -0.25) is 9.69 Å². The monoisotopic (exact) mass is 358 g/mol. The van der Waals surface area contributed by atoms with E-state index < -0.39 is 12.1 Å². The molecule has 0 aromatic heterocycles. The van der Waals surface area contributed by atoms with Gasteiger partial charge in [-0.1, -0.05) is 54.1 Å². The summed E-state index contributed by atoms with van der Waals surface area (Å²) in [5.74, 6) is -0.248. The maximum absolute atomic E-state index is 12.5. The Morgan fingerprint density at radius 2 is 1.84 bits per heavy atom. The minimum atomic E-state index is -0.542. The average molecular weight is 359 g/mol. The second kappa shape index (κ2) is 8.03. The second-order valence-corrected chi connectivity index (χ2v) is 6.27. The maximum Gasteiger partial charge on any atom is 0.410 e. The minimum Gasteiger partial charge on any atom is -0.445 e. The highest BCUT2D eigenvalue weighted by molar-refractivity contribution is 6.33. The molecule has 25 heavy (non-hydrogen) atoms. The number of amides is 2. The van der Waals surface area contributed by atoms with Gasteiger partial charge in [0.2, 0.25) is 5.91 Å². The summed E-state index contributed by atoms with van der Waals surface area (Å²) < 4.78 is 5.35. The number of hydrogen-bond acceptors (Lipinski definition) is 3. The number of rotatable bonds is 4. The number of carbonyl (C=O) groups is 2. The topological polar surface area (TPSA) is 58.6 Å². The fourth-order valence-corrected chi connectivity index (χ4v) is 3.02. The van der Waals surface area contributed by atoms with Crippen molar-refractivity contribution in [1.82, 2.24) is 4.90 Å². The summed E-state index contributed by atoms with van der Waals surface area (Å²) in [5, 5.41) is 3.26. The minimum absolute atomic E-state index is 0.190. The first kappa shape index (κ1) is 17.3. The summed E-state index contributed by atoms with van der Waals surface area (Å²) in [6, 6.07) is 15.9. The zero-order valence-electron chi connectivity index (χ0n) is 13.7. The van der Waals surface area contributed by atoms with E-state index in [2.05, 4.69) is 5.32 Å². The van der Waals surface area contributed by atoms with Crippen molar-refractivity contribution in [3.63, 3.8) is 0 Å². The van der Waals surface area contributed by atoms with Crippen molar-refractivity contribution < 1.29 is 14.3 Å². The van der Waals surface area contributed by atoms with E-state index in [0.29, 0.717) is 23.7 Å². The molecule has 0 spiro atoms. The molecule has 2 aromatic rings. The fourth-order valence-electron chi connectivity index (χ4n) is 2.84. The Labute approximate surface area is 151 Å². The number of halogens is 1. The molecule has 2 amide bonds. The highest BCUT2D eigenvalue weighted by atomic mass is 35.5. The molecular weight excluding hydrogens is 340 g/mol. The number of nitrogens with zero attached hydrogens (tertiary/aromatic N) is 1. The van der Waals surface area contributed by atoms with Crippen LogP contribution in [0.15, 0.2) is 54.6 Å². The number of anilines is 1. The third kappa shape index (κ3) is 4.31. The molecule has 1 atom stereocenters. The standard InChI is InChI=1S/C19H19ClN2O3/c20-15-9-4-5-10-16(15)21-18(23)17-11-6-12-22(17)19(24)25-13-14-7-2-1-3-8-14/h1-5,7-10,17H,6,11-13H2,(H,21,23)/t17-/m1/s1. The van der Waals surface area contributed by atoms with Crippen molar-refractivity contribution in [2.45, 2.75) is 25.5 Å². The fraction of sp³-hybridized carbons (Fsp3) is 0.263. The molecule has 6 heteroatoms. The zero-order valence-corrected chi connectivity index (χ0v) is 14.4. The van der Waals surface area contributed by atoms with Crippen molar-refractivity contribution in [2.75, 3.05) is 11.9 Å². The average Bonchev–Trinajstić information content (AvgIpc) is 3.12. The van der Waals surface area contributed by atoms with Gasteiger partial charge in [0, 0.05) is 6.54 Å². The van der Waals surface area contributed by atoms with E-state index in [1.54, 1.807) is 24.3 Å². The number of benzene rings is 2. The van der Waals surface area contributed by atoms with Crippen molar-refractivity contribution in [3.8, 4) is 0 Å². The van der Waals surface area contributed by atoms with Crippen LogP contribution in [0.5, 0.6) is 0 Å². The van der Waals surface area contributed by atoms with Crippen molar-refractivity contribution in [1.29, 1.82) is 0 Å². The number of hydrogen-bond donors (Lipinski definition) is 1. The third-order valence-electron chi connectivity index (χ3n) is 4.13. The Bertz CT molecular complexity index is 751. The molecule has 1 fully saturated rings. The van der Waals surface area contributed by atoms with Crippen LogP contribution < -0.4 is 5.32 Å². The predicted octanol–water partition coefficient (Wildman–Crippen LogP) is 4.08. The van der Waals surface area contributed by atoms with Gasteiger partial charge in [-0.15, -0.1) is 0 Å². The molecule has 0 unspecified atom stereocenters. The van der Waals surface area contributed by atoms with Crippen molar-refractivity contribution >= 4 is 29.3 Å². The molecule has 130 valence electrons. The van der Waals surface area contributed by atoms with Crippen LogP contribution in [0.4, 0.5) is 10.5 Å². The Morgan fingerprint density at radius 1 is 1.12 bits per heavy atom. The SMILES string of the molecule is O=C(Nc1ccccc1Cl)[C@H]1CCCN1C(=O)OCc1ccccc1. The van der Waals surface area contributed by atoms with Crippen LogP contribution in [0.2, 0.25) is 5.02 Å². The van der Waals surface area contributed by atoms with Crippen LogP contribution in [-0.2, 0) is 16.1 Å². The highest BCUT2D eigenvalue weighted by Gasteiger charge is 2.35. The van der Waals surface area contributed by atoms with Gasteiger partial charge in [0.15, 0.2) is 0 Å². The van der Waals surface area contributed by atoms with Crippen LogP contribution in [-0.4, -0.2) is 29.5 Å². The van der Waals surface area contributed by atoms with E-state index >= 15 is 0 Å².